The van der Waals surface area contributed by atoms with Crippen LogP contribution in [-0.4, -0.2) is 24.5 Å². The summed E-state index contributed by atoms with van der Waals surface area (Å²) in [5, 5.41) is 0. The SMILES string of the molecule is CN(C)C(CC(C)(C)N)c1ccc(F)cc1F. The highest BCUT2D eigenvalue weighted by Gasteiger charge is 2.24. The number of nitrogens with two attached hydrogens (primary N) is 1. The minimum Gasteiger partial charge on any atom is -0.325 e. The predicted octanol–water partition coefficient (Wildman–Crippen LogP) is 2.69. The molecule has 0 saturated heterocycles. The zero-order valence-corrected chi connectivity index (χ0v) is 10.8. The maximum atomic E-state index is 13.7. The molecule has 2 N–H and O–H groups in total. The Labute approximate surface area is 101 Å². The molecule has 0 radical (unpaired) electrons. The van der Waals surface area contributed by atoms with Crippen molar-refractivity contribution < 1.29 is 8.78 Å². The summed E-state index contributed by atoms with van der Waals surface area (Å²) in [6, 6.07) is 3.52. The summed E-state index contributed by atoms with van der Waals surface area (Å²) in [6.45, 7) is 3.79. The van der Waals surface area contributed by atoms with Crippen LogP contribution >= 0.6 is 0 Å². The molecule has 1 unspecified atom stereocenters. The quantitative estimate of drug-likeness (QED) is 0.879. The Balaban J connectivity index is 3.06. The molecule has 2 nitrogen and oxygen atoms in total. The van der Waals surface area contributed by atoms with E-state index in [-0.39, 0.29) is 6.04 Å². The molecule has 0 aliphatic heterocycles. The van der Waals surface area contributed by atoms with Gasteiger partial charge in [-0.05, 0) is 40.4 Å². The van der Waals surface area contributed by atoms with Crippen LogP contribution in [0.15, 0.2) is 18.2 Å². The van der Waals surface area contributed by atoms with E-state index in [9.17, 15) is 8.78 Å². The first-order valence-electron chi connectivity index (χ1n) is 5.61. The van der Waals surface area contributed by atoms with Gasteiger partial charge in [-0.15, -0.1) is 0 Å². The van der Waals surface area contributed by atoms with Gasteiger partial charge in [0, 0.05) is 23.2 Å². The van der Waals surface area contributed by atoms with E-state index in [0.29, 0.717) is 12.0 Å². The highest BCUT2D eigenvalue weighted by molar-refractivity contribution is 5.22. The lowest BCUT2D eigenvalue weighted by molar-refractivity contribution is 0.237. The second-order valence-electron chi connectivity index (χ2n) is 5.34. The van der Waals surface area contributed by atoms with E-state index in [1.54, 1.807) is 0 Å². The van der Waals surface area contributed by atoms with Crippen molar-refractivity contribution in [1.82, 2.24) is 4.90 Å². The van der Waals surface area contributed by atoms with Crippen molar-refractivity contribution in [2.75, 3.05) is 14.1 Å². The van der Waals surface area contributed by atoms with Gasteiger partial charge >= 0.3 is 0 Å². The Morgan fingerprint density at radius 2 is 1.88 bits per heavy atom. The molecule has 0 amide bonds. The fourth-order valence-electron chi connectivity index (χ4n) is 1.84. The zero-order valence-electron chi connectivity index (χ0n) is 10.8. The number of benzene rings is 1. The predicted molar refractivity (Wildman–Crippen MR) is 65.7 cm³/mol. The molecule has 4 heteroatoms. The van der Waals surface area contributed by atoms with Crippen LogP contribution in [0.3, 0.4) is 0 Å². The van der Waals surface area contributed by atoms with Crippen molar-refractivity contribution in [2.45, 2.75) is 31.8 Å². The Hall–Kier alpha value is -1.00. The molecule has 0 aromatic heterocycles. The second kappa shape index (κ2) is 5.10. The molecule has 0 bridgehead atoms. The van der Waals surface area contributed by atoms with Crippen molar-refractivity contribution in [3.05, 3.63) is 35.4 Å². The van der Waals surface area contributed by atoms with Gasteiger partial charge < -0.3 is 10.6 Å². The monoisotopic (exact) mass is 242 g/mol. The topological polar surface area (TPSA) is 29.3 Å². The van der Waals surface area contributed by atoms with E-state index in [0.717, 1.165) is 6.07 Å². The molecule has 17 heavy (non-hydrogen) atoms. The third-order valence-corrected chi connectivity index (χ3v) is 2.66. The maximum absolute atomic E-state index is 13.7. The normalized spacial score (nSPS) is 14.1. The lowest BCUT2D eigenvalue weighted by Crippen LogP contribution is -2.37. The van der Waals surface area contributed by atoms with Crippen molar-refractivity contribution >= 4 is 0 Å². The van der Waals surface area contributed by atoms with Gasteiger partial charge in [0.25, 0.3) is 0 Å². The van der Waals surface area contributed by atoms with Gasteiger partial charge in [-0.3, -0.25) is 0 Å². The molecule has 1 aromatic rings. The maximum Gasteiger partial charge on any atom is 0.130 e. The van der Waals surface area contributed by atoms with Crippen LogP contribution in [0.25, 0.3) is 0 Å². The number of nitrogens with zero attached hydrogens (tertiary/aromatic N) is 1. The van der Waals surface area contributed by atoms with Crippen LogP contribution in [0.1, 0.15) is 31.9 Å². The lowest BCUT2D eigenvalue weighted by atomic mass is 9.91. The van der Waals surface area contributed by atoms with Gasteiger partial charge in [0.15, 0.2) is 0 Å². The molecule has 0 fully saturated rings. The largest absolute Gasteiger partial charge is 0.325 e. The first-order valence-corrected chi connectivity index (χ1v) is 5.61. The Bertz CT molecular complexity index is 383. The van der Waals surface area contributed by atoms with Crippen LogP contribution in [0.4, 0.5) is 8.78 Å². The third-order valence-electron chi connectivity index (χ3n) is 2.66. The average Bonchev–Trinajstić information content (AvgIpc) is 2.13. The summed E-state index contributed by atoms with van der Waals surface area (Å²) in [5.74, 6) is -1.08. The van der Waals surface area contributed by atoms with Crippen molar-refractivity contribution in [2.24, 2.45) is 5.73 Å². The molecule has 96 valence electrons. The van der Waals surface area contributed by atoms with Crippen LogP contribution in [0.2, 0.25) is 0 Å². The molecule has 1 aromatic carbocycles. The molecule has 0 heterocycles. The summed E-state index contributed by atoms with van der Waals surface area (Å²) < 4.78 is 26.6. The van der Waals surface area contributed by atoms with E-state index in [1.165, 1.54) is 12.1 Å². The fraction of sp³-hybridized carbons (Fsp3) is 0.538. The van der Waals surface area contributed by atoms with Gasteiger partial charge in [-0.2, -0.15) is 0 Å². The minimum atomic E-state index is -0.559. The van der Waals surface area contributed by atoms with Crippen LogP contribution in [-0.2, 0) is 0 Å². The Kier molecular flexibility index (Phi) is 4.22. The lowest BCUT2D eigenvalue weighted by Gasteiger charge is -2.31. The number of hydrogen-bond donors (Lipinski definition) is 1. The molecule has 0 aliphatic carbocycles. The van der Waals surface area contributed by atoms with Gasteiger partial charge in [-0.1, -0.05) is 6.07 Å². The van der Waals surface area contributed by atoms with E-state index < -0.39 is 17.2 Å². The number of rotatable bonds is 4. The summed E-state index contributed by atoms with van der Waals surface area (Å²) >= 11 is 0. The van der Waals surface area contributed by atoms with Crippen LogP contribution < -0.4 is 5.73 Å². The first kappa shape index (κ1) is 14.1. The number of halogens is 2. The second-order valence-corrected chi connectivity index (χ2v) is 5.34. The van der Waals surface area contributed by atoms with Gasteiger partial charge in [0.2, 0.25) is 0 Å². The standard InChI is InChI=1S/C13H20F2N2/c1-13(2,16)8-12(17(3)4)10-6-5-9(14)7-11(10)15/h5-7,12H,8,16H2,1-4H3. The molecular formula is C13H20F2N2. The smallest absolute Gasteiger partial charge is 0.130 e. The van der Waals surface area contributed by atoms with E-state index in [4.69, 9.17) is 5.73 Å². The molecule has 0 spiro atoms. The van der Waals surface area contributed by atoms with Gasteiger partial charge in [0.1, 0.15) is 11.6 Å². The van der Waals surface area contributed by atoms with Crippen molar-refractivity contribution in [3.8, 4) is 0 Å². The van der Waals surface area contributed by atoms with Gasteiger partial charge in [-0.25, -0.2) is 8.78 Å². The fourth-order valence-corrected chi connectivity index (χ4v) is 1.84. The first-order chi connectivity index (χ1) is 7.70. The Morgan fingerprint density at radius 3 is 2.29 bits per heavy atom. The van der Waals surface area contributed by atoms with Crippen molar-refractivity contribution in [3.63, 3.8) is 0 Å². The summed E-state index contributed by atoms with van der Waals surface area (Å²) in [6.07, 6.45) is 0.600. The highest BCUT2D eigenvalue weighted by Crippen LogP contribution is 2.28. The molecular weight excluding hydrogens is 222 g/mol. The summed E-state index contributed by atoms with van der Waals surface area (Å²) in [7, 11) is 3.72. The molecule has 1 atom stereocenters. The van der Waals surface area contributed by atoms with E-state index in [2.05, 4.69) is 0 Å². The summed E-state index contributed by atoms with van der Waals surface area (Å²) in [4.78, 5) is 1.89. The van der Waals surface area contributed by atoms with Crippen LogP contribution in [0, 0.1) is 11.6 Å². The molecule has 0 saturated carbocycles. The third kappa shape index (κ3) is 4.06. The molecule has 1 rings (SSSR count). The average molecular weight is 242 g/mol. The van der Waals surface area contributed by atoms with E-state index >= 15 is 0 Å². The summed E-state index contributed by atoms with van der Waals surface area (Å²) in [5.41, 5.74) is 6.04. The van der Waals surface area contributed by atoms with Crippen molar-refractivity contribution in [1.29, 1.82) is 0 Å². The number of hydrogen-bond acceptors (Lipinski definition) is 2. The molecule has 0 aliphatic rings. The highest BCUT2D eigenvalue weighted by atomic mass is 19.1. The van der Waals surface area contributed by atoms with E-state index in [1.807, 2.05) is 32.8 Å². The van der Waals surface area contributed by atoms with Crippen LogP contribution in [0.5, 0.6) is 0 Å². The zero-order chi connectivity index (χ0) is 13.2. The Morgan fingerprint density at radius 1 is 1.29 bits per heavy atom. The van der Waals surface area contributed by atoms with Gasteiger partial charge in [0.05, 0.1) is 0 Å². The minimum absolute atomic E-state index is 0.157.